The van der Waals surface area contributed by atoms with E-state index in [1.165, 1.54) is 6.21 Å². The molecule has 8 nitrogen and oxygen atoms in total. The highest BCUT2D eigenvalue weighted by molar-refractivity contribution is 6.09. The van der Waals surface area contributed by atoms with E-state index < -0.39 is 0 Å². The predicted octanol–water partition coefficient (Wildman–Crippen LogP) is 1.04. The standard InChI is InChI=1S/C19H21N7O/c1-21-11-14(10-20)13-2-3-16-15(8-13)19(25-24-16)17-9-18(23-12-22-17)26-4-6-27-7-5-26/h2-3,8-12,20-21H,4-7H2,1H3,(H,24,25)/p+1/b14-11+,20-10?. The third-order valence-corrected chi connectivity index (χ3v) is 4.63. The molecule has 4 N–H and O–H groups in total. The van der Waals surface area contributed by atoms with Crippen LogP contribution in [0.1, 0.15) is 5.56 Å². The molecule has 27 heavy (non-hydrogen) atoms. The molecule has 0 aliphatic carbocycles. The van der Waals surface area contributed by atoms with Gasteiger partial charge in [-0.25, -0.2) is 9.97 Å². The van der Waals surface area contributed by atoms with Crippen molar-refractivity contribution in [2.24, 2.45) is 0 Å². The van der Waals surface area contributed by atoms with Crippen molar-refractivity contribution in [3.8, 4) is 11.4 Å². The summed E-state index contributed by atoms with van der Waals surface area (Å²) >= 11 is 0. The number of rotatable bonds is 5. The van der Waals surface area contributed by atoms with E-state index in [1.807, 2.05) is 42.8 Å². The zero-order chi connectivity index (χ0) is 18.6. The number of H-pyrrole nitrogens is 1. The minimum absolute atomic E-state index is 0.710. The summed E-state index contributed by atoms with van der Waals surface area (Å²) in [6, 6.07) is 7.99. The first-order valence-corrected chi connectivity index (χ1v) is 8.94. The van der Waals surface area contributed by atoms with Gasteiger partial charge in [0.25, 0.3) is 0 Å². The van der Waals surface area contributed by atoms with Gasteiger partial charge in [0.1, 0.15) is 24.0 Å². The smallest absolute Gasteiger partial charge is 0.132 e. The minimum atomic E-state index is 0.710. The highest BCUT2D eigenvalue weighted by Gasteiger charge is 2.16. The Kier molecular flexibility index (Phi) is 4.91. The van der Waals surface area contributed by atoms with Gasteiger partial charge in [-0.2, -0.15) is 5.10 Å². The van der Waals surface area contributed by atoms with Crippen LogP contribution >= 0.6 is 0 Å². The van der Waals surface area contributed by atoms with E-state index in [2.05, 4.69) is 25.1 Å². The third-order valence-electron chi connectivity index (χ3n) is 4.63. The van der Waals surface area contributed by atoms with E-state index in [1.54, 1.807) is 6.33 Å². The molecular formula is C19H22N7O+. The molecule has 0 atom stereocenters. The van der Waals surface area contributed by atoms with Gasteiger partial charge in [0.05, 0.1) is 37.0 Å². The number of ether oxygens (including phenoxy) is 1. The van der Waals surface area contributed by atoms with Crippen LogP contribution in [0.5, 0.6) is 0 Å². The van der Waals surface area contributed by atoms with Gasteiger partial charge in [0, 0.05) is 30.8 Å². The summed E-state index contributed by atoms with van der Waals surface area (Å²) in [6.45, 7) is 3.06. The van der Waals surface area contributed by atoms with Crippen molar-refractivity contribution in [3.05, 3.63) is 42.4 Å². The van der Waals surface area contributed by atoms with Crippen LogP contribution in [0.2, 0.25) is 0 Å². The summed E-state index contributed by atoms with van der Waals surface area (Å²) in [6.07, 6.45) is 4.87. The normalized spacial score (nSPS) is 15.3. The van der Waals surface area contributed by atoms with Crippen molar-refractivity contribution in [2.75, 3.05) is 38.3 Å². The molecule has 4 rings (SSSR count). The number of morpholine rings is 1. The number of hydrogen-bond donors (Lipinski definition) is 3. The first-order valence-electron chi connectivity index (χ1n) is 8.94. The van der Waals surface area contributed by atoms with E-state index in [0.29, 0.717) is 13.2 Å². The topological polar surface area (TPSA) is 107 Å². The maximum atomic E-state index is 7.66. The molecule has 1 aliphatic heterocycles. The van der Waals surface area contributed by atoms with Crippen LogP contribution in [-0.2, 0) is 4.74 Å². The second-order valence-electron chi connectivity index (χ2n) is 6.29. The summed E-state index contributed by atoms with van der Waals surface area (Å²) in [5, 5.41) is 18.1. The van der Waals surface area contributed by atoms with Crippen molar-refractivity contribution < 1.29 is 10.1 Å². The number of quaternary nitrogens is 1. The Morgan fingerprint density at radius 3 is 2.89 bits per heavy atom. The molecule has 0 saturated carbocycles. The maximum absolute atomic E-state index is 7.66. The highest BCUT2D eigenvalue weighted by atomic mass is 16.5. The second-order valence-corrected chi connectivity index (χ2v) is 6.29. The van der Waals surface area contributed by atoms with E-state index in [9.17, 15) is 0 Å². The highest BCUT2D eigenvalue weighted by Crippen LogP contribution is 2.28. The average Bonchev–Trinajstić information content (AvgIpc) is 3.16. The number of hydrogen-bond acceptors (Lipinski definition) is 6. The lowest BCUT2D eigenvalue weighted by atomic mass is 10.0. The molecule has 138 valence electrons. The van der Waals surface area contributed by atoms with Crippen LogP contribution in [0.4, 0.5) is 5.82 Å². The molecule has 0 bridgehead atoms. The second kappa shape index (κ2) is 7.65. The third kappa shape index (κ3) is 3.44. The fourth-order valence-electron chi connectivity index (χ4n) is 3.24. The number of aromatic nitrogens is 4. The number of nitrogens with one attached hydrogen (secondary N) is 2. The van der Waals surface area contributed by atoms with E-state index in [-0.39, 0.29) is 0 Å². The Morgan fingerprint density at radius 2 is 2.11 bits per heavy atom. The predicted molar refractivity (Wildman–Crippen MR) is 105 cm³/mol. The van der Waals surface area contributed by atoms with Gasteiger partial charge >= 0.3 is 0 Å². The van der Waals surface area contributed by atoms with Gasteiger partial charge in [0.15, 0.2) is 0 Å². The number of nitrogens with two attached hydrogens (primary N) is 1. The number of allylic oxidation sites excluding steroid dienone is 1. The molecule has 1 aromatic carbocycles. The van der Waals surface area contributed by atoms with Crippen LogP contribution in [0.15, 0.2) is 36.8 Å². The lowest BCUT2D eigenvalue weighted by Gasteiger charge is -2.27. The zero-order valence-electron chi connectivity index (χ0n) is 15.1. The number of aromatic amines is 1. The van der Waals surface area contributed by atoms with Gasteiger partial charge in [-0.15, -0.1) is 0 Å². The summed E-state index contributed by atoms with van der Waals surface area (Å²) in [4.78, 5) is 11.1. The lowest BCUT2D eigenvalue weighted by molar-refractivity contribution is -0.555. The van der Waals surface area contributed by atoms with Gasteiger partial charge in [0.2, 0.25) is 0 Å². The average molecular weight is 364 g/mol. The number of anilines is 1. The number of fused-ring (bicyclic) bond motifs is 1. The van der Waals surface area contributed by atoms with Gasteiger partial charge in [-0.05, 0) is 17.7 Å². The SMILES string of the molecule is C[NH2+]/C=C(\C=N)c1ccc2[nH]nc(-c3cc(N4CCOCC4)ncn3)c2c1. The fraction of sp³-hybridized carbons (Fsp3) is 0.263. The van der Waals surface area contributed by atoms with Crippen molar-refractivity contribution in [2.45, 2.75) is 0 Å². The molecule has 1 aliphatic rings. The molecule has 0 spiro atoms. The Morgan fingerprint density at radius 1 is 1.26 bits per heavy atom. The Labute approximate surface area is 156 Å². The minimum Gasteiger partial charge on any atom is -0.378 e. The first-order chi connectivity index (χ1) is 13.3. The van der Waals surface area contributed by atoms with Gasteiger partial charge in [-0.1, -0.05) is 6.07 Å². The Hall–Kier alpha value is -3.10. The quantitative estimate of drug-likeness (QED) is 0.587. The van der Waals surface area contributed by atoms with Gasteiger partial charge < -0.3 is 20.4 Å². The summed E-state index contributed by atoms with van der Waals surface area (Å²) in [7, 11) is 1.94. The Bertz CT molecular complexity index is 989. The van der Waals surface area contributed by atoms with Crippen molar-refractivity contribution >= 4 is 28.5 Å². The molecular weight excluding hydrogens is 342 g/mol. The molecule has 2 aromatic heterocycles. The molecule has 1 fully saturated rings. The molecule has 3 heterocycles. The number of benzene rings is 1. The molecule has 1 saturated heterocycles. The van der Waals surface area contributed by atoms with Crippen LogP contribution in [-0.4, -0.2) is 59.7 Å². The van der Waals surface area contributed by atoms with Gasteiger partial charge in [-0.3, -0.25) is 5.10 Å². The van der Waals surface area contributed by atoms with Crippen LogP contribution in [0.3, 0.4) is 0 Å². The molecule has 0 radical (unpaired) electrons. The lowest BCUT2D eigenvalue weighted by Crippen LogP contribution is -2.72. The van der Waals surface area contributed by atoms with Crippen molar-refractivity contribution in [3.63, 3.8) is 0 Å². The molecule has 0 unspecified atom stereocenters. The van der Waals surface area contributed by atoms with E-state index in [0.717, 1.165) is 52.3 Å². The molecule has 0 amide bonds. The zero-order valence-corrected chi connectivity index (χ0v) is 15.1. The largest absolute Gasteiger partial charge is 0.378 e. The van der Waals surface area contributed by atoms with Crippen LogP contribution < -0.4 is 10.2 Å². The maximum Gasteiger partial charge on any atom is 0.132 e. The monoisotopic (exact) mass is 364 g/mol. The van der Waals surface area contributed by atoms with Crippen LogP contribution in [0.25, 0.3) is 27.9 Å². The fourth-order valence-corrected chi connectivity index (χ4v) is 3.24. The molecule has 3 aromatic rings. The van der Waals surface area contributed by atoms with Crippen molar-refractivity contribution in [1.82, 2.24) is 20.2 Å². The first kappa shape index (κ1) is 17.3. The van der Waals surface area contributed by atoms with Crippen LogP contribution in [0, 0.1) is 5.41 Å². The van der Waals surface area contributed by atoms with Crippen molar-refractivity contribution in [1.29, 1.82) is 5.41 Å². The molecule has 8 heteroatoms. The summed E-state index contributed by atoms with van der Waals surface area (Å²) in [5.74, 6) is 0.885. The number of nitrogens with zero attached hydrogens (tertiary/aromatic N) is 4. The van der Waals surface area contributed by atoms with E-state index in [4.69, 9.17) is 10.1 Å². The summed E-state index contributed by atoms with van der Waals surface area (Å²) in [5.41, 5.74) is 4.32. The summed E-state index contributed by atoms with van der Waals surface area (Å²) < 4.78 is 5.42. The van der Waals surface area contributed by atoms with E-state index >= 15 is 0 Å². The Balaban J connectivity index is 1.75.